The minimum absolute atomic E-state index is 0. The third kappa shape index (κ3) is 5.99. The van der Waals surface area contributed by atoms with E-state index in [0.717, 1.165) is 49.7 Å². The van der Waals surface area contributed by atoms with Gasteiger partial charge in [-0.1, -0.05) is 12.1 Å². The van der Waals surface area contributed by atoms with Gasteiger partial charge in [0, 0.05) is 13.1 Å². The average Bonchev–Trinajstić information content (AvgIpc) is 2.57. The van der Waals surface area contributed by atoms with Crippen LogP contribution in [0.4, 0.5) is 0 Å². The molecule has 1 aliphatic heterocycles. The number of nitrogens with zero attached hydrogens (tertiary/aromatic N) is 1. The van der Waals surface area contributed by atoms with Gasteiger partial charge in [0.05, 0.1) is 13.0 Å². The number of piperidine rings is 1. The summed E-state index contributed by atoms with van der Waals surface area (Å²) in [6.07, 6.45) is 3.94. The number of hydrogen-bond acceptors (Lipinski definition) is 3. The SMILES string of the molecule is CNCCC1CCN(C(=O)CCOc2cccc(C)c2C)CC1.Cl. The molecule has 5 heteroatoms. The lowest BCUT2D eigenvalue weighted by Crippen LogP contribution is -2.39. The van der Waals surface area contributed by atoms with Gasteiger partial charge in [0.15, 0.2) is 0 Å². The summed E-state index contributed by atoms with van der Waals surface area (Å²) in [6, 6.07) is 6.04. The van der Waals surface area contributed by atoms with Gasteiger partial charge >= 0.3 is 0 Å². The Kier molecular flexibility index (Phi) is 9.16. The monoisotopic (exact) mass is 354 g/mol. The largest absolute Gasteiger partial charge is 0.493 e. The minimum atomic E-state index is 0. The Balaban J connectivity index is 0.00000288. The number of benzene rings is 1. The summed E-state index contributed by atoms with van der Waals surface area (Å²) in [4.78, 5) is 14.3. The van der Waals surface area contributed by atoms with Crippen LogP contribution < -0.4 is 10.1 Å². The molecule has 1 heterocycles. The summed E-state index contributed by atoms with van der Waals surface area (Å²) in [5.41, 5.74) is 2.38. The third-order valence-corrected chi connectivity index (χ3v) is 4.90. The first-order valence-corrected chi connectivity index (χ1v) is 8.73. The van der Waals surface area contributed by atoms with Crippen LogP contribution in [0.2, 0.25) is 0 Å². The second kappa shape index (κ2) is 10.6. The zero-order chi connectivity index (χ0) is 16.7. The van der Waals surface area contributed by atoms with Crippen molar-refractivity contribution in [2.75, 3.05) is 33.3 Å². The van der Waals surface area contributed by atoms with Crippen molar-refractivity contribution >= 4 is 18.3 Å². The summed E-state index contributed by atoms with van der Waals surface area (Å²) in [5, 5.41) is 3.20. The van der Waals surface area contributed by atoms with E-state index in [1.165, 1.54) is 12.0 Å². The fourth-order valence-corrected chi connectivity index (χ4v) is 3.11. The summed E-state index contributed by atoms with van der Waals surface area (Å²) in [6.45, 7) is 7.46. The predicted molar refractivity (Wildman–Crippen MR) is 101 cm³/mol. The Labute approximate surface area is 152 Å². The summed E-state index contributed by atoms with van der Waals surface area (Å²) >= 11 is 0. The standard InChI is InChI=1S/C19H30N2O2.ClH/c1-15-5-4-6-18(16(15)2)23-14-10-19(22)21-12-8-17(9-13-21)7-11-20-3;/h4-6,17,20H,7-14H2,1-3H3;1H. The van der Waals surface area contributed by atoms with Gasteiger partial charge in [0.2, 0.25) is 5.91 Å². The van der Waals surface area contributed by atoms with Crippen molar-refractivity contribution in [1.82, 2.24) is 10.2 Å². The third-order valence-electron chi connectivity index (χ3n) is 4.90. The molecule has 1 saturated heterocycles. The van der Waals surface area contributed by atoms with Crippen LogP contribution in [0, 0.1) is 19.8 Å². The zero-order valence-corrected chi connectivity index (χ0v) is 16.0. The second-order valence-corrected chi connectivity index (χ2v) is 6.51. The summed E-state index contributed by atoms with van der Waals surface area (Å²) < 4.78 is 5.80. The number of amides is 1. The summed E-state index contributed by atoms with van der Waals surface area (Å²) in [7, 11) is 1.99. The van der Waals surface area contributed by atoms with Gasteiger partial charge in [-0.2, -0.15) is 0 Å². The molecule has 0 aromatic heterocycles. The van der Waals surface area contributed by atoms with E-state index in [0.29, 0.717) is 13.0 Å². The highest BCUT2D eigenvalue weighted by Gasteiger charge is 2.22. The Morgan fingerprint density at radius 2 is 2.00 bits per heavy atom. The molecule has 1 aliphatic rings. The molecular weight excluding hydrogens is 324 g/mol. The van der Waals surface area contributed by atoms with Crippen LogP contribution in [-0.2, 0) is 4.79 Å². The molecule has 0 saturated carbocycles. The van der Waals surface area contributed by atoms with Crippen LogP contribution in [0.25, 0.3) is 0 Å². The highest BCUT2D eigenvalue weighted by Crippen LogP contribution is 2.22. The molecule has 0 spiro atoms. The van der Waals surface area contributed by atoms with E-state index in [1.54, 1.807) is 0 Å². The maximum absolute atomic E-state index is 12.3. The molecule has 1 N–H and O–H groups in total. The molecule has 0 radical (unpaired) electrons. The first-order chi connectivity index (χ1) is 11.1. The molecule has 4 nitrogen and oxygen atoms in total. The van der Waals surface area contributed by atoms with Crippen molar-refractivity contribution in [3.8, 4) is 5.75 Å². The quantitative estimate of drug-likeness (QED) is 0.816. The predicted octanol–water partition coefficient (Wildman–Crippen LogP) is 3.34. The smallest absolute Gasteiger partial charge is 0.225 e. The van der Waals surface area contributed by atoms with E-state index in [9.17, 15) is 4.79 Å². The van der Waals surface area contributed by atoms with Gasteiger partial charge in [-0.15, -0.1) is 12.4 Å². The van der Waals surface area contributed by atoms with E-state index in [-0.39, 0.29) is 18.3 Å². The minimum Gasteiger partial charge on any atom is -0.493 e. The molecule has 24 heavy (non-hydrogen) atoms. The highest BCUT2D eigenvalue weighted by atomic mass is 35.5. The van der Waals surface area contributed by atoms with E-state index < -0.39 is 0 Å². The average molecular weight is 355 g/mol. The van der Waals surface area contributed by atoms with Crippen LogP contribution >= 0.6 is 12.4 Å². The van der Waals surface area contributed by atoms with Crippen LogP contribution in [0.3, 0.4) is 0 Å². The van der Waals surface area contributed by atoms with Gasteiger partial charge in [0.25, 0.3) is 0 Å². The van der Waals surface area contributed by atoms with Crippen LogP contribution in [0.15, 0.2) is 18.2 Å². The molecule has 0 unspecified atom stereocenters. The van der Waals surface area contributed by atoms with Crippen LogP contribution in [0.1, 0.15) is 36.8 Å². The fraction of sp³-hybridized carbons (Fsp3) is 0.632. The van der Waals surface area contributed by atoms with Gasteiger partial charge in [-0.3, -0.25) is 4.79 Å². The van der Waals surface area contributed by atoms with Crippen molar-refractivity contribution in [3.63, 3.8) is 0 Å². The maximum Gasteiger partial charge on any atom is 0.225 e. The number of nitrogens with one attached hydrogen (secondary N) is 1. The first-order valence-electron chi connectivity index (χ1n) is 8.73. The zero-order valence-electron chi connectivity index (χ0n) is 15.1. The maximum atomic E-state index is 12.3. The van der Waals surface area contributed by atoms with Crippen molar-refractivity contribution in [3.05, 3.63) is 29.3 Å². The Hall–Kier alpha value is -1.26. The Morgan fingerprint density at radius 1 is 1.29 bits per heavy atom. The van der Waals surface area contributed by atoms with Crippen molar-refractivity contribution in [2.45, 2.75) is 39.5 Å². The fourth-order valence-electron chi connectivity index (χ4n) is 3.11. The number of halogens is 1. The molecule has 0 bridgehead atoms. The first kappa shape index (κ1) is 20.8. The normalized spacial score (nSPS) is 15.0. The molecule has 136 valence electrons. The highest BCUT2D eigenvalue weighted by molar-refractivity contribution is 5.85. The van der Waals surface area contributed by atoms with Crippen molar-refractivity contribution in [2.24, 2.45) is 5.92 Å². The number of aryl methyl sites for hydroxylation is 1. The number of ether oxygens (including phenoxy) is 1. The van der Waals surface area contributed by atoms with Crippen LogP contribution in [-0.4, -0.2) is 44.1 Å². The molecule has 1 aromatic carbocycles. The molecule has 1 fully saturated rings. The number of carbonyl (C=O) groups excluding carboxylic acids is 1. The van der Waals surface area contributed by atoms with Gasteiger partial charge in [-0.25, -0.2) is 0 Å². The Bertz CT molecular complexity index is 514. The summed E-state index contributed by atoms with van der Waals surface area (Å²) in [5.74, 6) is 1.88. The number of hydrogen-bond donors (Lipinski definition) is 1. The van der Waals surface area contributed by atoms with E-state index in [1.807, 2.05) is 24.1 Å². The lowest BCUT2D eigenvalue weighted by molar-refractivity contribution is -0.133. The number of carbonyl (C=O) groups is 1. The second-order valence-electron chi connectivity index (χ2n) is 6.51. The van der Waals surface area contributed by atoms with Crippen molar-refractivity contribution in [1.29, 1.82) is 0 Å². The number of likely N-dealkylation sites (tertiary alicyclic amines) is 1. The molecule has 2 rings (SSSR count). The van der Waals surface area contributed by atoms with E-state index in [4.69, 9.17) is 4.74 Å². The molecule has 1 aromatic rings. The Morgan fingerprint density at radius 3 is 2.67 bits per heavy atom. The number of rotatable bonds is 7. The van der Waals surface area contributed by atoms with Gasteiger partial charge in [-0.05, 0) is 69.8 Å². The topological polar surface area (TPSA) is 41.6 Å². The van der Waals surface area contributed by atoms with E-state index in [2.05, 4.69) is 25.2 Å². The van der Waals surface area contributed by atoms with Gasteiger partial charge < -0.3 is 15.0 Å². The van der Waals surface area contributed by atoms with Gasteiger partial charge in [0.1, 0.15) is 5.75 Å². The van der Waals surface area contributed by atoms with Crippen molar-refractivity contribution < 1.29 is 9.53 Å². The van der Waals surface area contributed by atoms with Crippen LogP contribution in [0.5, 0.6) is 5.75 Å². The lowest BCUT2D eigenvalue weighted by atomic mass is 9.93. The van der Waals surface area contributed by atoms with E-state index >= 15 is 0 Å². The molecular formula is C19H31ClN2O2. The molecule has 1 amide bonds. The molecule has 0 atom stereocenters. The molecule has 0 aliphatic carbocycles. The lowest BCUT2D eigenvalue weighted by Gasteiger charge is -2.32.